The number of nitrogens with zero attached hydrogens (tertiary/aromatic N) is 1. The Hall–Kier alpha value is -2.98. The van der Waals surface area contributed by atoms with Crippen molar-refractivity contribution in [1.82, 2.24) is 5.32 Å². The van der Waals surface area contributed by atoms with Gasteiger partial charge in [-0.1, -0.05) is 6.92 Å². The minimum absolute atomic E-state index is 0.0638. The number of alkyl carbamates (subject to hydrolysis) is 1. The van der Waals surface area contributed by atoms with Crippen LogP contribution in [0.2, 0.25) is 0 Å². The molecule has 0 spiro atoms. The molecule has 0 aromatic heterocycles. The Morgan fingerprint density at radius 2 is 1.87 bits per heavy atom. The number of amides is 2. The number of methoxy groups -OCH3 is 1. The number of ether oxygens (including phenoxy) is 3. The standard InChI is InChI=1S/C20H25F3N2O6/c1-6-13(24-18(28)31-19(2,3)4)16(26)25-14-8-7-12(30-20(21,22)23)9-11(14)10-15(25)17(27)29-5/h7-9,13,15H,6,10H2,1-5H3,(H,24,28)/t13-,15+/m0/s1. The van der Waals surface area contributed by atoms with E-state index in [0.29, 0.717) is 5.56 Å². The summed E-state index contributed by atoms with van der Waals surface area (Å²) in [4.78, 5) is 38.8. The van der Waals surface area contributed by atoms with Gasteiger partial charge in [0.2, 0.25) is 0 Å². The summed E-state index contributed by atoms with van der Waals surface area (Å²) in [5.74, 6) is -1.83. The van der Waals surface area contributed by atoms with Crippen LogP contribution in [0.15, 0.2) is 18.2 Å². The second-order valence-electron chi connectivity index (χ2n) is 7.90. The largest absolute Gasteiger partial charge is 0.573 e. The average molecular weight is 446 g/mol. The lowest BCUT2D eigenvalue weighted by molar-refractivity contribution is -0.274. The van der Waals surface area contributed by atoms with Crippen molar-refractivity contribution in [2.75, 3.05) is 12.0 Å². The van der Waals surface area contributed by atoms with Crippen molar-refractivity contribution in [2.45, 2.75) is 64.6 Å². The topological polar surface area (TPSA) is 94.2 Å². The number of benzene rings is 1. The molecule has 1 aliphatic heterocycles. The van der Waals surface area contributed by atoms with Gasteiger partial charge in [-0.3, -0.25) is 9.69 Å². The molecule has 172 valence electrons. The van der Waals surface area contributed by atoms with Crippen LogP contribution in [0, 0.1) is 0 Å². The van der Waals surface area contributed by atoms with Crippen molar-refractivity contribution < 1.29 is 41.8 Å². The molecule has 1 aromatic rings. The SMILES string of the molecule is CC[C@H](NC(=O)OC(C)(C)C)C(=O)N1c2ccc(OC(F)(F)F)cc2C[C@@H]1C(=O)OC. The van der Waals surface area contributed by atoms with Crippen LogP contribution in [0.5, 0.6) is 5.75 Å². The summed E-state index contributed by atoms with van der Waals surface area (Å²) < 4.78 is 51.5. The third-order valence-corrected chi connectivity index (χ3v) is 4.38. The summed E-state index contributed by atoms with van der Waals surface area (Å²) in [6, 6.07) is 1.31. The Bertz CT molecular complexity index is 850. The highest BCUT2D eigenvalue weighted by atomic mass is 19.4. The highest BCUT2D eigenvalue weighted by molar-refractivity contribution is 6.05. The van der Waals surface area contributed by atoms with Gasteiger partial charge in [0.05, 0.1) is 7.11 Å². The van der Waals surface area contributed by atoms with Crippen LogP contribution >= 0.6 is 0 Å². The van der Waals surface area contributed by atoms with Gasteiger partial charge in [-0.05, 0) is 51.0 Å². The van der Waals surface area contributed by atoms with Gasteiger partial charge >= 0.3 is 18.4 Å². The van der Waals surface area contributed by atoms with Crippen LogP contribution in [0.1, 0.15) is 39.7 Å². The van der Waals surface area contributed by atoms with E-state index in [9.17, 15) is 27.6 Å². The van der Waals surface area contributed by atoms with Crippen LogP contribution in [-0.4, -0.2) is 49.1 Å². The summed E-state index contributed by atoms with van der Waals surface area (Å²) in [6.45, 7) is 6.66. The number of rotatable bonds is 5. The molecule has 11 heteroatoms. The maximum absolute atomic E-state index is 13.2. The first-order valence-corrected chi connectivity index (χ1v) is 9.54. The molecule has 1 N–H and O–H groups in total. The number of hydrogen-bond donors (Lipinski definition) is 1. The molecule has 0 saturated carbocycles. The zero-order valence-electron chi connectivity index (χ0n) is 17.8. The van der Waals surface area contributed by atoms with Crippen LogP contribution in [-0.2, 0) is 25.5 Å². The second-order valence-corrected chi connectivity index (χ2v) is 7.90. The fourth-order valence-electron chi connectivity index (χ4n) is 3.18. The van der Waals surface area contributed by atoms with Crippen molar-refractivity contribution in [1.29, 1.82) is 0 Å². The number of alkyl halides is 3. The first kappa shape index (κ1) is 24.3. The van der Waals surface area contributed by atoms with E-state index in [0.717, 1.165) is 24.1 Å². The summed E-state index contributed by atoms with van der Waals surface area (Å²) >= 11 is 0. The van der Waals surface area contributed by atoms with Gasteiger partial charge in [0.25, 0.3) is 5.91 Å². The molecule has 31 heavy (non-hydrogen) atoms. The van der Waals surface area contributed by atoms with Crippen molar-refractivity contribution in [3.8, 4) is 5.75 Å². The number of carbonyl (C=O) groups is 3. The van der Waals surface area contributed by atoms with E-state index in [2.05, 4.69) is 10.1 Å². The third kappa shape index (κ3) is 6.25. The molecule has 2 amide bonds. The fraction of sp³-hybridized carbons (Fsp3) is 0.550. The third-order valence-electron chi connectivity index (χ3n) is 4.38. The Labute approximate surface area is 177 Å². The van der Waals surface area contributed by atoms with Gasteiger partial charge in [-0.15, -0.1) is 13.2 Å². The zero-order chi connectivity index (χ0) is 23.6. The van der Waals surface area contributed by atoms with Crippen LogP contribution in [0.4, 0.5) is 23.7 Å². The number of anilines is 1. The predicted octanol–water partition coefficient (Wildman–Crippen LogP) is 3.32. The maximum atomic E-state index is 13.2. The van der Waals surface area contributed by atoms with Crippen LogP contribution < -0.4 is 15.0 Å². The molecular weight excluding hydrogens is 421 g/mol. The Balaban J connectivity index is 2.34. The lowest BCUT2D eigenvalue weighted by Gasteiger charge is -2.29. The zero-order valence-corrected chi connectivity index (χ0v) is 17.8. The molecular formula is C20H25F3N2O6. The van der Waals surface area contributed by atoms with Gasteiger partial charge in [0, 0.05) is 12.1 Å². The van der Waals surface area contributed by atoms with E-state index in [1.165, 1.54) is 6.07 Å². The van der Waals surface area contributed by atoms with Crippen molar-refractivity contribution in [3.63, 3.8) is 0 Å². The molecule has 0 unspecified atom stereocenters. The van der Waals surface area contributed by atoms with E-state index in [1.54, 1.807) is 27.7 Å². The number of nitrogens with one attached hydrogen (secondary N) is 1. The molecule has 1 aliphatic rings. The summed E-state index contributed by atoms with van der Waals surface area (Å²) in [5, 5.41) is 2.47. The fourth-order valence-corrected chi connectivity index (χ4v) is 3.18. The van der Waals surface area contributed by atoms with Crippen molar-refractivity contribution in [3.05, 3.63) is 23.8 Å². The quantitative estimate of drug-likeness (QED) is 0.698. The van der Waals surface area contributed by atoms with E-state index in [4.69, 9.17) is 9.47 Å². The molecule has 0 radical (unpaired) electrons. The molecule has 0 bridgehead atoms. The van der Waals surface area contributed by atoms with Crippen molar-refractivity contribution >= 4 is 23.7 Å². The minimum Gasteiger partial charge on any atom is -0.467 e. The second kappa shape index (κ2) is 9.03. The van der Waals surface area contributed by atoms with Crippen LogP contribution in [0.3, 0.4) is 0 Å². The van der Waals surface area contributed by atoms with Gasteiger partial charge in [-0.2, -0.15) is 0 Å². The number of halogens is 3. The maximum Gasteiger partial charge on any atom is 0.573 e. The smallest absolute Gasteiger partial charge is 0.467 e. The molecule has 1 heterocycles. The van der Waals surface area contributed by atoms with E-state index in [-0.39, 0.29) is 18.5 Å². The number of fused-ring (bicyclic) bond motifs is 1. The Morgan fingerprint density at radius 1 is 1.23 bits per heavy atom. The number of carbonyl (C=O) groups excluding carboxylic acids is 3. The predicted molar refractivity (Wildman–Crippen MR) is 104 cm³/mol. The normalized spacial score (nSPS) is 16.9. The monoisotopic (exact) mass is 446 g/mol. The molecule has 0 aliphatic carbocycles. The summed E-state index contributed by atoms with van der Waals surface area (Å²) in [5.41, 5.74) is -0.244. The molecule has 0 fully saturated rings. The van der Waals surface area contributed by atoms with E-state index in [1.807, 2.05) is 0 Å². The lowest BCUT2D eigenvalue weighted by atomic mass is 10.1. The summed E-state index contributed by atoms with van der Waals surface area (Å²) in [6.07, 6.45) is -5.57. The average Bonchev–Trinajstić information content (AvgIpc) is 3.00. The van der Waals surface area contributed by atoms with Gasteiger partial charge in [0.15, 0.2) is 0 Å². The first-order chi connectivity index (χ1) is 14.3. The molecule has 2 rings (SSSR count). The first-order valence-electron chi connectivity index (χ1n) is 9.54. The Morgan fingerprint density at radius 3 is 2.39 bits per heavy atom. The number of hydrogen-bond acceptors (Lipinski definition) is 6. The highest BCUT2D eigenvalue weighted by Gasteiger charge is 2.42. The van der Waals surface area contributed by atoms with Crippen LogP contribution in [0.25, 0.3) is 0 Å². The summed E-state index contributed by atoms with van der Waals surface area (Å²) in [7, 11) is 1.14. The van der Waals surface area contributed by atoms with Gasteiger partial charge < -0.3 is 19.5 Å². The minimum atomic E-state index is -4.88. The molecule has 1 aromatic carbocycles. The van der Waals surface area contributed by atoms with Gasteiger partial charge in [-0.25, -0.2) is 9.59 Å². The highest BCUT2D eigenvalue weighted by Crippen LogP contribution is 2.37. The van der Waals surface area contributed by atoms with Crippen molar-refractivity contribution in [2.24, 2.45) is 0 Å². The number of esters is 1. The Kier molecular flexibility index (Phi) is 7.07. The molecule has 8 nitrogen and oxygen atoms in total. The molecule has 0 saturated heterocycles. The lowest BCUT2D eigenvalue weighted by Crippen LogP contribution is -2.53. The van der Waals surface area contributed by atoms with E-state index < -0.39 is 47.8 Å². The van der Waals surface area contributed by atoms with Gasteiger partial charge in [0.1, 0.15) is 23.4 Å². The molecule has 2 atom stereocenters. The van der Waals surface area contributed by atoms with E-state index >= 15 is 0 Å².